The Hall–Kier alpha value is -1.71. The van der Waals surface area contributed by atoms with Gasteiger partial charge in [-0.25, -0.2) is 4.39 Å². The van der Waals surface area contributed by atoms with E-state index in [1.807, 2.05) is 0 Å². The van der Waals surface area contributed by atoms with E-state index in [1.165, 1.54) is 6.07 Å². The van der Waals surface area contributed by atoms with Crippen molar-refractivity contribution in [2.24, 2.45) is 0 Å². The molecule has 1 amide bonds. The van der Waals surface area contributed by atoms with Crippen LogP contribution in [0.15, 0.2) is 24.3 Å². The van der Waals surface area contributed by atoms with Crippen LogP contribution in [0, 0.1) is 0 Å². The van der Waals surface area contributed by atoms with Gasteiger partial charge in [0.15, 0.2) is 0 Å². The number of benzene rings is 1. The molecule has 0 saturated carbocycles. The molecule has 0 bridgehead atoms. The van der Waals surface area contributed by atoms with Crippen molar-refractivity contribution in [2.45, 2.75) is 6.17 Å². The highest BCUT2D eigenvalue weighted by Gasteiger charge is 2.33. The van der Waals surface area contributed by atoms with Crippen LogP contribution in [0.5, 0.6) is 0 Å². The Morgan fingerprint density at radius 3 is 2.69 bits per heavy atom. The van der Waals surface area contributed by atoms with E-state index in [4.69, 9.17) is 0 Å². The second-order valence-electron chi connectivity index (χ2n) is 2.76. The van der Waals surface area contributed by atoms with Crippen LogP contribution in [0.4, 0.5) is 10.1 Å². The molecule has 0 aliphatic carbocycles. The number of hydrogen-bond donors (Lipinski definition) is 1. The van der Waals surface area contributed by atoms with Crippen molar-refractivity contribution in [1.82, 2.24) is 0 Å². The quantitative estimate of drug-likeness (QED) is 0.607. The van der Waals surface area contributed by atoms with Crippen molar-refractivity contribution < 1.29 is 14.0 Å². The lowest BCUT2D eigenvalue weighted by Crippen LogP contribution is -2.36. The summed E-state index contributed by atoms with van der Waals surface area (Å²) in [6, 6.07) is 6.35. The van der Waals surface area contributed by atoms with Crippen LogP contribution in [0.25, 0.3) is 0 Å². The summed E-state index contributed by atoms with van der Waals surface area (Å²) < 4.78 is 12.9. The Kier molecular flexibility index (Phi) is 1.62. The molecule has 2 rings (SSSR count). The number of Topliss-reactive ketones (excluding diaryl/α,β-unsaturated/α-hetero) is 1. The van der Waals surface area contributed by atoms with Crippen LogP contribution in [0.3, 0.4) is 0 Å². The molecule has 0 radical (unpaired) electrons. The third kappa shape index (κ3) is 1.11. The first-order chi connectivity index (χ1) is 6.20. The molecule has 3 nitrogen and oxygen atoms in total. The average molecular weight is 179 g/mol. The zero-order valence-corrected chi connectivity index (χ0v) is 6.58. The first-order valence-electron chi connectivity index (χ1n) is 3.78. The summed E-state index contributed by atoms with van der Waals surface area (Å²) in [6.45, 7) is 0. The molecule has 1 aliphatic heterocycles. The number of alkyl halides is 1. The summed E-state index contributed by atoms with van der Waals surface area (Å²) in [5.41, 5.74) is 0.612. The molecule has 1 N–H and O–H groups in total. The molecule has 0 saturated heterocycles. The fourth-order valence-electron chi connectivity index (χ4n) is 1.26. The molecule has 0 aromatic heterocycles. The lowest BCUT2D eigenvalue weighted by atomic mass is 10.0. The summed E-state index contributed by atoms with van der Waals surface area (Å²) in [5, 5.41) is 2.31. The maximum absolute atomic E-state index is 12.9. The summed E-state index contributed by atoms with van der Waals surface area (Å²) in [6.07, 6.45) is -2.06. The maximum Gasteiger partial charge on any atom is 0.267 e. The van der Waals surface area contributed by atoms with Crippen molar-refractivity contribution in [1.29, 1.82) is 0 Å². The standard InChI is InChI=1S/C9H6FNO2/c10-7-8(12)5-3-1-2-4-6(5)11-9(7)13/h1-4,7H,(H,11,13). The SMILES string of the molecule is O=C1Nc2ccccc2C(=O)C1F. The van der Waals surface area contributed by atoms with Crippen LogP contribution in [0.1, 0.15) is 10.4 Å². The van der Waals surface area contributed by atoms with Gasteiger partial charge < -0.3 is 5.32 Å². The van der Waals surface area contributed by atoms with Gasteiger partial charge in [-0.3, -0.25) is 9.59 Å². The molecule has 1 unspecified atom stereocenters. The highest BCUT2D eigenvalue weighted by molar-refractivity contribution is 6.22. The Morgan fingerprint density at radius 1 is 1.23 bits per heavy atom. The molecule has 1 atom stereocenters. The minimum atomic E-state index is -2.06. The number of amides is 1. The van der Waals surface area contributed by atoms with Gasteiger partial charge in [0.2, 0.25) is 12.0 Å². The van der Waals surface area contributed by atoms with E-state index in [2.05, 4.69) is 5.32 Å². The normalized spacial score (nSPS) is 20.8. The van der Waals surface area contributed by atoms with Gasteiger partial charge in [-0.05, 0) is 12.1 Å². The van der Waals surface area contributed by atoms with Gasteiger partial charge in [0, 0.05) is 5.56 Å². The third-order valence-electron chi connectivity index (χ3n) is 1.91. The molecule has 1 aromatic carbocycles. The van der Waals surface area contributed by atoms with Crippen LogP contribution < -0.4 is 5.32 Å². The van der Waals surface area contributed by atoms with Crippen molar-refractivity contribution in [3.05, 3.63) is 29.8 Å². The highest BCUT2D eigenvalue weighted by Crippen LogP contribution is 2.22. The molecule has 4 heteroatoms. The van der Waals surface area contributed by atoms with E-state index >= 15 is 0 Å². The van der Waals surface area contributed by atoms with Gasteiger partial charge in [0.05, 0.1) is 5.69 Å². The van der Waals surface area contributed by atoms with Gasteiger partial charge >= 0.3 is 0 Å². The van der Waals surface area contributed by atoms with Gasteiger partial charge in [-0.2, -0.15) is 0 Å². The average Bonchev–Trinajstić information content (AvgIpc) is 2.15. The molecular formula is C9H6FNO2. The van der Waals surface area contributed by atoms with E-state index < -0.39 is 17.9 Å². The first-order valence-corrected chi connectivity index (χ1v) is 3.78. The molecule has 66 valence electrons. The zero-order valence-electron chi connectivity index (χ0n) is 6.58. The maximum atomic E-state index is 12.9. The highest BCUT2D eigenvalue weighted by atomic mass is 19.1. The summed E-state index contributed by atoms with van der Waals surface area (Å²) in [4.78, 5) is 22.1. The van der Waals surface area contributed by atoms with Crippen molar-refractivity contribution in [3.63, 3.8) is 0 Å². The Labute approximate surface area is 73.6 Å². The van der Waals surface area contributed by atoms with Crippen LogP contribution in [0.2, 0.25) is 0 Å². The summed E-state index contributed by atoms with van der Waals surface area (Å²) in [7, 11) is 0. The number of fused-ring (bicyclic) bond motifs is 1. The van der Waals surface area contributed by atoms with Crippen molar-refractivity contribution in [2.75, 3.05) is 5.32 Å². The van der Waals surface area contributed by atoms with Crippen LogP contribution in [-0.4, -0.2) is 17.9 Å². The fourth-order valence-corrected chi connectivity index (χ4v) is 1.26. The predicted molar refractivity (Wildman–Crippen MR) is 44.3 cm³/mol. The van der Waals surface area contributed by atoms with E-state index in [1.54, 1.807) is 18.2 Å². The number of anilines is 1. The fraction of sp³-hybridized carbons (Fsp3) is 0.111. The molecule has 1 aliphatic rings. The number of carbonyl (C=O) groups is 2. The largest absolute Gasteiger partial charge is 0.322 e. The molecule has 0 fully saturated rings. The molecule has 1 aromatic rings. The van der Waals surface area contributed by atoms with Crippen LogP contribution >= 0.6 is 0 Å². The Bertz CT molecular complexity index is 389. The first kappa shape index (κ1) is 7.91. The van der Waals surface area contributed by atoms with Crippen molar-refractivity contribution >= 4 is 17.4 Å². The number of hydrogen-bond acceptors (Lipinski definition) is 2. The smallest absolute Gasteiger partial charge is 0.267 e. The van der Waals surface area contributed by atoms with E-state index in [9.17, 15) is 14.0 Å². The zero-order chi connectivity index (χ0) is 9.42. The Morgan fingerprint density at radius 2 is 1.92 bits per heavy atom. The van der Waals surface area contributed by atoms with Gasteiger partial charge in [0.25, 0.3) is 5.91 Å². The molecule has 1 heterocycles. The monoisotopic (exact) mass is 179 g/mol. The van der Waals surface area contributed by atoms with E-state index in [0.717, 1.165) is 0 Å². The lowest BCUT2D eigenvalue weighted by molar-refractivity contribution is -0.119. The number of nitrogens with one attached hydrogen (secondary N) is 1. The lowest BCUT2D eigenvalue weighted by Gasteiger charge is -2.17. The summed E-state index contributed by atoms with van der Waals surface area (Å²) in [5.74, 6) is -1.65. The van der Waals surface area contributed by atoms with Gasteiger partial charge in [-0.15, -0.1) is 0 Å². The molecular weight excluding hydrogens is 173 g/mol. The number of para-hydroxylation sites is 1. The number of halogens is 1. The summed E-state index contributed by atoms with van der Waals surface area (Å²) >= 11 is 0. The van der Waals surface area contributed by atoms with Crippen molar-refractivity contribution in [3.8, 4) is 0 Å². The number of ketones is 1. The molecule has 0 spiro atoms. The molecule has 13 heavy (non-hydrogen) atoms. The third-order valence-corrected chi connectivity index (χ3v) is 1.91. The van der Waals surface area contributed by atoms with E-state index in [-0.39, 0.29) is 5.56 Å². The second-order valence-corrected chi connectivity index (χ2v) is 2.76. The van der Waals surface area contributed by atoms with Gasteiger partial charge in [-0.1, -0.05) is 12.1 Å². The number of carbonyl (C=O) groups excluding carboxylic acids is 2. The van der Waals surface area contributed by atoms with E-state index in [0.29, 0.717) is 5.69 Å². The Balaban J connectivity index is 2.55. The second kappa shape index (κ2) is 2.65. The number of rotatable bonds is 0. The van der Waals surface area contributed by atoms with Crippen LogP contribution in [-0.2, 0) is 4.79 Å². The minimum Gasteiger partial charge on any atom is -0.322 e. The van der Waals surface area contributed by atoms with Gasteiger partial charge in [0.1, 0.15) is 0 Å². The minimum absolute atomic E-state index is 0.231. The predicted octanol–water partition coefficient (Wildman–Crippen LogP) is 1.16. The topological polar surface area (TPSA) is 46.2 Å².